The molecule has 0 saturated heterocycles. The molecule has 23 heavy (non-hydrogen) atoms. The van der Waals surface area contributed by atoms with Gasteiger partial charge in [0.15, 0.2) is 0 Å². The molecular formula is C18H16FN3O. The number of benzene rings is 2. The third kappa shape index (κ3) is 2.54. The van der Waals surface area contributed by atoms with E-state index in [1.165, 1.54) is 6.07 Å². The molecule has 1 aromatic heterocycles. The zero-order valence-corrected chi connectivity index (χ0v) is 12.5. The molecule has 2 aromatic carbocycles. The van der Waals surface area contributed by atoms with Gasteiger partial charge in [0.1, 0.15) is 5.82 Å². The summed E-state index contributed by atoms with van der Waals surface area (Å²) >= 11 is 0. The number of para-hydroxylation sites is 1. The number of urea groups is 1. The molecule has 0 radical (unpaired) electrons. The number of nitrogens with one attached hydrogen (secondary N) is 2. The molecule has 3 aromatic rings. The van der Waals surface area contributed by atoms with Crippen LogP contribution in [0.2, 0.25) is 0 Å². The average Bonchev–Trinajstić information content (AvgIpc) is 2.97. The summed E-state index contributed by atoms with van der Waals surface area (Å²) in [6.45, 7) is 1.09. The molecule has 1 aliphatic rings. The number of amides is 2. The predicted octanol–water partition coefficient (Wildman–Crippen LogP) is 3.90. The van der Waals surface area contributed by atoms with Crippen molar-refractivity contribution in [1.82, 2.24) is 9.88 Å². The van der Waals surface area contributed by atoms with E-state index in [-0.39, 0.29) is 11.8 Å². The Balaban J connectivity index is 1.53. The highest BCUT2D eigenvalue weighted by Crippen LogP contribution is 2.24. The molecule has 0 fully saturated rings. The molecule has 2 heterocycles. The van der Waals surface area contributed by atoms with Gasteiger partial charge in [-0.05, 0) is 35.7 Å². The van der Waals surface area contributed by atoms with Crippen molar-refractivity contribution in [3.05, 3.63) is 65.6 Å². The summed E-state index contributed by atoms with van der Waals surface area (Å²) in [5.74, 6) is -0.222. The van der Waals surface area contributed by atoms with Gasteiger partial charge in [0, 0.05) is 30.2 Å². The van der Waals surface area contributed by atoms with Crippen LogP contribution in [0.15, 0.2) is 48.7 Å². The molecule has 0 atom stereocenters. The van der Waals surface area contributed by atoms with Crippen LogP contribution in [0.4, 0.5) is 14.9 Å². The van der Waals surface area contributed by atoms with Crippen molar-refractivity contribution in [3.63, 3.8) is 0 Å². The number of rotatable bonds is 1. The van der Waals surface area contributed by atoms with E-state index in [0.29, 0.717) is 19.5 Å². The Morgan fingerprint density at radius 1 is 1.17 bits per heavy atom. The van der Waals surface area contributed by atoms with Crippen molar-refractivity contribution in [2.45, 2.75) is 13.0 Å². The van der Waals surface area contributed by atoms with Gasteiger partial charge in [0.05, 0.1) is 5.69 Å². The molecule has 0 bridgehead atoms. The Morgan fingerprint density at radius 2 is 2.04 bits per heavy atom. The fourth-order valence-corrected chi connectivity index (χ4v) is 3.06. The van der Waals surface area contributed by atoms with E-state index in [2.05, 4.69) is 10.3 Å². The molecule has 1 aliphatic heterocycles. The van der Waals surface area contributed by atoms with Gasteiger partial charge in [0.25, 0.3) is 0 Å². The first-order valence-corrected chi connectivity index (χ1v) is 7.60. The Labute approximate surface area is 132 Å². The van der Waals surface area contributed by atoms with Crippen LogP contribution in [0.25, 0.3) is 10.9 Å². The van der Waals surface area contributed by atoms with E-state index in [9.17, 15) is 9.18 Å². The minimum atomic E-state index is -0.222. The number of carbonyl (C=O) groups is 1. The SMILES string of the molecule is O=C(Nc1c[nH]c2ccccc12)N1CCc2cc(F)ccc2C1. The van der Waals surface area contributed by atoms with Crippen LogP contribution in [-0.2, 0) is 13.0 Å². The van der Waals surface area contributed by atoms with Crippen LogP contribution < -0.4 is 5.32 Å². The Bertz CT molecular complexity index is 887. The Hall–Kier alpha value is -2.82. The maximum Gasteiger partial charge on any atom is 0.322 e. The normalized spacial score (nSPS) is 13.9. The smallest absolute Gasteiger partial charge is 0.322 e. The second kappa shape index (κ2) is 5.43. The highest BCUT2D eigenvalue weighted by molar-refractivity contribution is 6.01. The van der Waals surface area contributed by atoms with Crippen LogP contribution in [-0.4, -0.2) is 22.5 Å². The maximum absolute atomic E-state index is 13.3. The van der Waals surface area contributed by atoms with E-state index in [4.69, 9.17) is 0 Å². The van der Waals surface area contributed by atoms with Gasteiger partial charge < -0.3 is 15.2 Å². The molecule has 0 aliphatic carbocycles. The highest BCUT2D eigenvalue weighted by atomic mass is 19.1. The molecule has 2 N–H and O–H groups in total. The first kappa shape index (κ1) is 13.8. The number of hydrogen-bond donors (Lipinski definition) is 2. The van der Waals surface area contributed by atoms with Gasteiger partial charge in [-0.3, -0.25) is 0 Å². The lowest BCUT2D eigenvalue weighted by Crippen LogP contribution is -2.38. The number of H-pyrrole nitrogens is 1. The minimum Gasteiger partial charge on any atom is -0.359 e. The number of carbonyl (C=O) groups excluding carboxylic acids is 1. The van der Waals surface area contributed by atoms with E-state index < -0.39 is 0 Å². The van der Waals surface area contributed by atoms with E-state index >= 15 is 0 Å². The van der Waals surface area contributed by atoms with E-state index in [0.717, 1.165) is 27.7 Å². The van der Waals surface area contributed by atoms with Crippen LogP contribution in [0.5, 0.6) is 0 Å². The van der Waals surface area contributed by atoms with Crippen molar-refractivity contribution in [2.24, 2.45) is 0 Å². The third-order valence-corrected chi connectivity index (χ3v) is 4.30. The van der Waals surface area contributed by atoms with Gasteiger partial charge in [0.2, 0.25) is 0 Å². The van der Waals surface area contributed by atoms with E-state index in [1.807, 2.05) is 24.3 Å². The second-order valence-electron chi connectivity index (χ2n) is 5.76. The molecule has 4 nitrogen and oxygen atoms in total. The molecule has 0 spiro atoms. The van der Waals surface area contributed by atoms with Crippen molar-refractivity contribution in [2.75, 3.05) is 11.9 Å². The predicted molar refractivity (Wildman–Crippen MR) is 87.8 cm³/mol. The summed E-state index contributed by atoms with van der Waals surface area (Å²) in [6, 6.07) is 12.5. The van der Waals surface area contributed by atoms with Gasteiger partial charge >= 0.3 is 6.03 Å². The first-order valence-electron chi connectivity index (χ1n) is 7.60. The number of hydrogen-bond acceptors (Lipinski definition) is 1. The Kier molecular flexibility index (Phi) is 3.26. The van der Waals surface area contributed by atoms with Crippen molar-refractivity contribution in [3.8, 4) is 0 Å². The molecule has 0 saturated carbocycles. The summed E-state index contributed by atoms with van der Waals surface area (Å²) in [7, 11) is 0. The van der Waals surface area contributed by atoms with E-state index in [1.54, 1.807) is 23.2 Å². The third-order valence-electron chi connectivity index (χ3n) is 4.30. The highest BCUT2D eigenvalue weighted by Gasteiger charge is 2.21. The number of fused-ring (bicyclic) bond motifs is 2. The largest absolute Gasteiger partial charge is 0.359 e. The van der Waals surface area contributed by atoms with Crippen molar-refractivity contribution < 1.29 is 9.18 Å². The van der Waals surface area contributed by atoms with Crippen LogP contribution in [0.1, 0.15) is 11.1 Å². The molecule has 0 unspecified atom stereocenters. The quantitative estimate of drug-likeness (QED) is 0.704. The molecule has 2 amide bonds. The summed E-state index contributed by atoms with van der Waals surface area (Å²) in [5.41, 5.74) is 3.76. The zero-order chi connectivity index (χ0) is 15.8. The second-order valence-corrected chi connectivity index (χ2v) is 5.76. The summed E-state index contributed by atoms with van der Waals surface area (Å²) in [4.78, 5) is 17.4. The van der Waals surface area contributed by atoms with Gasteiger partial charge in [-0.25, -0.2) is 9.18 Å². The summed E-state index contributed by atoms with van der Waals surface area (Å²) in [6.07, 6.45) is 2.48. The van der Waals surface area contributed by atoms with Gasteiger partial charge in [-0.15, -0.1) is 0 Å². The number of aromatic nitrogens is 1. The van der Waals surface area contributed by atoms with Gasteiger partial charge in [-0.2, -0.15) is 0 Å². The summed E-state index contributed by atoms with van der Waals surface area (Å²) < 4.78 is 13.3. The molecule has 4 rings (SSSR count). The molecule has 5 heteroatoms. The Morgan fingerprint density at radius 3 is 2.96 bits per heavy atom. The number of nitrogens with zero attached hydrogens (tertiary/aromatic N) is 1. The topological polar surface area (TPSA) is 48.1 Å². The van der Waals surface area contributed by atoms with Crippen molar-refractivity contribution >= 4 is 22.6 Å². The lowest BCUT2D eigenvalue weighted by Gasteiger charge is -2.28. The van der Waals surface area contributed by atoms with Crippen molar-refractivity contribution in [1.29, 1.82) is 0 Å². The zero-order valence-electron chi connectivity index (χ0n) is 12.5. The van der Waals surface area contributed by atoms with Crippen LogP contribution in [0.3, 0.4) is 0 Å². The summed E-state index contributed by atoms with van der Waals surface area (Å²) in [5, 5.41) is 3.94. The average molecular weight is 309 g/mol. The first-order chi connectivity index (χ1) is 11.2. The maximum atomic E-state index is 13.3. The minimum absolute atomic E-state index is 0.135. The standard InChI is InChI=1S/C18H16FN3O/c19-14-6-5-13-11-22(8-7-12(13)9-14)18(23)21-17-10-20-16-4-2-1-3-15(16)17/h1-6,9-10,20H,7-8,11H2,(H,21,23). The molecular weight excluding hydrogens is 293 g/mol. The number of aromatic amines is 1. The lowest BCUT2D eigenvalue weighted by atomic mass is 10.00. The van der Waals surface area contributed by atoms with Gasteiger partial charge in [-0.1, -0.05) is 24.3 Å². The lowest BCUT2D eigenvalue weighted by molar-refractivity contribution is 0.206. The fourth-order valence-electron chi connectivity index (χ4n) is 3.06. The van der Waals surface area contributed by atoms with Crippen LogP contribution in [0, 0.1) is 5.82 Å². The molecule has 116 valence electrons. The van der Waals surface area contributed by atoms with Crippen LogP contribution >= 0.6 is 0 Å². The monoisotopic (exact) mass is 309 g/mol. The number of anilines is 1. The number of halogens is 1. The fraction of sp³-hybridized carbons (Fsp3) is 0.167.